The monoisotopic (exact) mass is 304 g/mol. The molecule has 0 bridgehead atoms. The second kappa shape index (κ2) is 4.88. The molecule has 3 rings (SSSR count). The van der Waals surface area contributed by atoms with Crippen LogP contribution in [0.5, 0.6) is 0 Å². The van der Waals surface area contributed by atoms with Crippen molar-refractivity contribution in [3.63, 3.8) is 0 Å². The molecule has 0 fully saturated rings. The summed E-state index contributed by atoms with van der Waals surface area (Å²) in [6.07, 6.45) is 0. The summed E-state index contributed by atoms with van der Waals surface area (Å²) < 4.78 is 32.3. The van der Waals surface area contributed by atoms with Gasteiger partial charge in [0, 0.05) is 5.39 Å². The maximum absolute atomic E-state index is 12.3. The lowest BCUT2D eigenvalue weighted by Gasteiger charge is -2.05. The van der Waals surface area contributed by atoms with E-state index in [1.807, 2.05) is 25.1 Å². The third-order valence-corrected chi connectivity index (χ3v) is 5.09. The Balaban J connectivity index is 2.03. The molecule has 0 radical (unpaired) electrons. The van der Waals surface area contributed by atoms with Crippen LogP contribution >= 0.6 is 11.5 Å². The van der Waals surface area contributed by atoms with Gasteiger partial charge in [0.05, 0.1) is 9.60 Å². The molecule has 0 saturated heterocycles. The van der Waals surface area contributed by atoms with Crippen LogP contribution in [-0.2, 0) is 10.0 Å². The highest BCUT2D eigenvalue weighted by Crippen LogP contribution is 2.29. The fraction of sp³-hybridized carbons (Fsp3) is 0.0714. The maximum Gasteiger partial charge on any atom is 0.263 e. The summed E-state index contributed by atoms with van der Waals surface area (Å²) in [4.78, 5) is 0.230. The maximum atomic E-state index is 12.3. The van der Waals surface area contributed by atoms with Crippen LogP contribution in [0.25, 0.3) is 10.1 Å². The van der Waals surface area contributed by atoms with Crippen molar-refractivity contribution in [1.29, 1.82) is 0 Å². The van der Waals surface area contributed by atoms with E-state index < -0.39 is 10.0 Å². The molecule has 1 heterocycles. The minimum Gasteiger partial charge on any atom is -0.262 e. The van der Waals surface area contributed by atoms with Crippen LogP contribution in [0.3, 0.4) is 0 Å². The first-order valence-corrected chi connectivity index (χ1v) is 8.26. The first kappa shape index (κ1) is 13.1. The Labute approximate surface area is 121 Å². The lowest BCUT2D eigenvalue weighted by molar-refractivity contribution is 0.601. The number of aryl methyl sites for hydroxylation is 1. The fourth-order valence-electron chi connectivity index (χ4n) is 1.91. The summed E-state index contributed by atoms with van der Waals surface area (Å²) >= 11 is 1.28. The molecular formula is C14H12N2O2S2. The van der Waals surface area contributed by atoms with Gasteiger partial charge in [-0.25, -0.2) is 8.42 Å². The Morgan fingerprint density at radius 2 is 1.85 bits per heavy atom. The van der Waals surface area contributed by atoms with Crippen molar-refractivity contribution in [2.24, 2.45) is 0 Å². The van der Waals surface area contributed by atoms with E-state index in [0.29, 0.717) is 5.82 Å². The molecule has 0 amide bonds. The average molecular weight is 304 g/mol. The van der Waals surface area contributed by atoms with Crippen molar-refractivity contribution in [3.8, 4) is 0 Å². The minimum atomic E-state index is -3.59. The molecule has 4 nitrogen and oxygen atoms in total. The smallest absolute Gasteiger partial charge is 0.262 e. The molecule has 1 aromatic heterocycles. The highest BCUT2D eigenvalue weighted by atomic mass is 32.2. The van der Waals surface area contributed by atoms with E-state index in [-0.39, 0.29) is 4.90 Å². The van der Waals surface area contributed by atoms with Gasteiger partial charge in [-0.15, -0.1) is 0 Å². The number of hydrogen-bond donors (Lipinski definition) is 1. The van der Waals surface area contributed by atoms with Crippen LogP contribution in [-0.4, -0.2) is 12.8 Å². The van der Waals surface area contributed by atoms with Crippen LogP contribution in [0, 0.1) is 6.92 Å². The Bertz CT molecular complexity index is 855. The first-order chi connectivity index (χ1) is 9.56. The minimum absolute atomic E-state index is 0.230. The van der Waals surface area contributed by atoms with E-state index in [2.05, 4.69) is 9.10 Å². The Hall–Kier alpha value is -1.92. The lowest BCUT2D eigenvalue weighted by Crippen LogP contribution is -2.13. The Kier molecular flexibility index (Phi) is 3.19. The molecule has 1 N–H and O–H groups in total. The molecule has 0 atom stereocenters. The molecule has 3 aromatic rings. The number of benzene rings is 2. The number of nitrogens with one attached hydrogen (secondary N) is 1. The number of nitrogens with zero attached hydrogens (tertiary/aromatic N) is 1. The van der Waals surface area contributed by atoms with Crippen molar-refractivity contribution in [3.05, 3.63) is 54.1 Å². The van der Waals surface area contributed by atoms with Crippen LogP contribution in [0.2, 0.25) is 0 Å². The zero-order valence-electron chi connectivity index (χ0n) is 10.7. The molecule has 0 aliphatic rings. The zero-order valence-corrected chi connectivity index (χ0v) is 12.3. The van der Waals surface area contributed by atoms with E-state index in [4.69, 9.17) is 0 Å². The van der Waals surface area contributed by atoms with Gasteiger partial charge in [-0.2, -0.15) is 4.37 Å². The van der Waals surface area contributed by atoms with Gasteiger partial charge in [0.1, 0.15) is 0 Å². The molecular weight excluding hydrogens is 292 g/mol. The molecule has 0 aliphatic heterocycles. The summed E-state index contributed by atoms with van der Waals surface area (Å²) in [5.74, 6) is 0.387. The van der Waals surface area contributed by atoms with Gasteiger partial charge in [0.2, 0.25) is 0 Å². The zero-order chi connectivity index (χ0) is 14.2. The topological polar surface area (TPSA) is 59.1 Å². The van der Waals surface area contributed by atoms with Gasteiger partial charge in [0.25, 0.3) is 10.0 Å². The molecule has 6 heteroatoms. The molecule has 0 unspecified atom stereocenters. The largest absolute Gasteiger partial charge is 0.263 e. The summed E-state index contributed by atoms with van der Waals surface area (Å²) in [5, 5.41) is 0.828. The van der Waals surface area contributed by atoms with E-state index in [1.165, 1.54) is 11.5 Å². The number of sulfonamides is 1. The van der Waals surface area contributed by atoms with Gasteiger partial charge >= 0.3 is 0 Å². The summed E-state index contributed by atoms with van der Waals surface area (Å²) in [7, 11) is -3.59. The van der Waals surface area contributed by atoms with Gasteiger partial charge < -0.3 is 0 Å². The normalized spacial score (nSPS) is 11.7. The van der Waals surface area contributed by atoms with Crippen molar-refractivity contribution in [2.75, 3.05) is 4.72 Å². The van der Waals surface area contributed by atoms with Crippen LogP contribution < -0.4 is 4.72 Å². The van der Waals surface area contributed by atoms with Crippen molar-refractivity contribution in [1.82, 2.24) is 4.37 Å². The molecule has 0 saturated carbocycles. The molecule has 20 heavy (non-hydrogen) atoms. The van der Waals surface area contributed by atoms with Gasteiger partial charge in [-0.3, -0.25) is 4.72 Å². The van der Waals surface area contributed by atoms with Gasteiger partial charge in [-0.1, -0.05) is 29.8 Å². The third-order valence-electron chi connectivity index (χ3n) is 2.91. The van der Waals surface area contributed by atoms with Crippen LogP contribution in [0.15, 0.2) is 53.4 Å². The highest BCUT2D eigenvalue weighted by Gasteiger charge is 2.17. The predicted molar refractivity (Wildman–Crippen MR) is 81.6 cm³/mol. The first-order valence-electron chi connectivity index (χ1n) is 6.00. The van der Waals surface area contributed by atoms with Gasteiger partial charge in [-0.05, 0) is 42.7 Å². The highest BCUT2D eigenvalue weighted by molar-refractivity contribution is 7.92. The van der Waals surface area contributed by atoms with Gasteiger partial charge in [0.15, 0.2) is 5.82 Å². The molecule has 2 aromatic carbocycles. The standard InChI is InChI=1S/C14H12N2O2S2/c1-10-7-8-13-12(9-10)14(15-19-13)16-20(17,18)11-5-3-2-4-6-11/h2-9H,1H3,(H,15,16). The molecule has 0 spiro atoms. The average Bonchev–Trinajstić information content (AvgIpc) is 2.82. The number of rotatable bonds is 3. The Morgan fingerprint density at radius 1 is 1.10 bits per heavy atom. The van der Waals surface area contributed by atoms with Crippen molar-refractivity contribution < 1.29 is 8.42 Å². The van der Waals surface area contributed by atoms with Crippen molar-refractivity contribution in [2.45, 2.75) is 11.8 Å². The van der Waals surface area contributed by atoms with Crippen molar-refractivity contribution >= 4 is 37.5 Å². The van der Waals surface area contributed by atoms with E-state index >= 15 is 0 Å². The SMILES string of the molecule is Cc1ccc2snc(NS(=O)(=O)c3ccccc3)c2c1. The van der Waals surface area contributed by atoms with E-state index in [1.54, 1.807) is 30.3 Å². The van der Waals surface area contributed by atoms with Crippen LogP contribution in [0.1, 0.15) is 5.56 Å². The molecule has 0 aliphatic carbocycles. The lowest BCUT2D eigenvalue weighted by atomic mass is 10.2. The number of fused-ring (bicyclic) bond motifs is 1. The number of hydrogen-bond acceptors (Lipinski definition) is 4. The number of anilines is 1. The third kappa shape index (κ3) is 2.39. The Morgan fingerprint density at radius 3 is 2.60 bits per heavy atom. The van der Waals surface area contributed by atoms with E-state index in [0.717, 1.165) is 15.6 Å². The second-order valence-corrected chi connectivity index (χ2v) is 6.94. The summed E-state index contributed by atoms with van der Waals surface area (Å²) in [6, 6.07) is 14.1. The fourth-order valence-corrected chi connectivity index (χ4v) is 3.73. The quantitative estimate of drug-likeness (QED) is 0.806. The summed E-state index contributed by atoms with van der Waals surface area (Å²) in [6.45, 7) is 1.96. The summed E-state index contributed by atoms with van der Waals surface area (Å²) in [5.41, 5.74) is 1.07. The number of aromatic nitrogens is 1. The molecule has 102 valence electrons. The van der Waals surface area contributed by atoms with Crippen LogP contribution in [0.4, 0.5) is 5.82 Å². The van der Waals surface area contributed by atoms with E-state index in [9.17, 15) is 8.42 Å². The second-order valence-electron chi connectivity index (χ2n) is 4.45. The predicted octanol–water partition coefficient (Wildman–Crippen LogP) is 3.41.